The fraction of sp³-hybridized carbons (Fsp3) is 0.123. The van der Waals surface area contributed by atoms with Crippen molar-refractivity contribution in [3.8, 4) is 55.9 Å². The molecule has 0 saturated heterocycles. The molecule has 5 heteroatoms. The Morgan fingerprint density at radius 2 is 1.16 bits per heavy atom. The molecule has 0 unspecified atom stereocenters. The first kappa shape index (κ1) is 43.8. The van der Waals surface area contributed by atoms with Gasteiger partial charge in [0.05, 0.1) is 37.4 Å². The summed E-state index contributed by atoms with van der Waals surface area (Å²) in [6, 6.07) is 55.3. The number of fused-ring (bicyclic) bond motifs is 3. The third-order valence-corrected chi connectivity index (χ3v) is 13.6. The van der Waals surface area contributed by atoms with E-state index in [1.807, 2.05) is 39.6 Å². The normalized spacial score (nSPS) is 11.5. The molecule has 313 valence electrons. The second kappa shape index (κ2) is 17.6. The van der Waals surface area contributed by atoms with E-state index in [1.165, 1.54) is 27.4 Å². The van der Waals surface area contributed by atoms with E-state index < -0.39 is 8.07 Å². The third-order valence-electron chi connectivity index (χ3n) is 11.6. The van der Waals surface area contributed by atoms with Crippen LogP contribution in [0.4, 0.5) is 0 Å². The van der Waals surface area contributed by atoms with Crippen molar-refractivity contribution in [1.82, 2.24) is 0 Å². The predicted molar refractivity (Wildman–Crippen MR) is 260 cm³/mol. The minimum Gasteiger partial charge on any atom is -0.469 e. The van der Waals surface area contributed by atoms with Crippen LogP contribution in [0.3, 0.4) is 0 Å². The number of hydrogen-bond acceptors (Lipinski definition) is 1. The summed E-state index contributed by atoms with van der Waals surface area (Å²) >= 11 is 0. The van der Waals surface area contributed by atoms with Gasteiger partial charge in [-0.3, -0.25) is 0 Å². The molecule has 0 aliphatic heterocycles. The van der Waals surface area contributed by atoms with Gasteiger partial charge < -0.3 is 13.6 Å². The van der Waals surface area contributed by atoms with Gasteiger partial charge in [0.15, 0.2) is 0 Å². The molecule has 0 aliphatic carbocycles. The van der Waals surface area contributed by atoms with E-state index in [0.29, 0.717) is 0 Å². The molecule has 0 amide bonds. The SMILES string of the molecule is [CH2-]c1cc(-c2cccc(C(C)(C)C)c2)c2c(oc3ccccc32)c1-c1cc(-c2ccccc2)cc[n+]1[CH2-].[CH2-]c1ccc(-c2ccccc2)cc1-c1ccc([Si](C)(C)C)c[n+]1[CH2-].[Ir]. The van der Waals surface area contributed by atoms with Crippen LogP contribution < -0.4 is 14.3 Å². The van der Waals surface area contributed by atoms with Gasteiger partial charge in [0.1, 0.15) is 5.58 Å². The fourth-order valence-electron chi connectivity index (χ4n) is 8.03. The molecule has 62 heavy (non-hydrogen) atoms. The zero-order valence-electron chi connectivity index (χ0n) is 36.6. The van der Waals surface area contributed by atoms with Crippen molar-refractivity contribution < 1.29 is 33.7 Å². The Morgan fingerprint density at radius 3 is 1.81 bits per heavy atom. The molecule has 0 fully saturated rings. The number of rotatable bonds is 6. The molecule has 3 nitrogen and oxygen atoms in total. The van der Waals surface area contributed by atoms with Gasteiger partial charge in [0, 0.05) is 45.0 Å². The summed E-state index contributed by atoms with van der Waals surface area (Å²) in [7, 11) is 7.18. The molecule has 9 rings (SSSR count). The molecule has 0 spiro atoms. The van der Waals surface area contributed by atoms with E-state index in [4.69, 9.17) is 4.42 Å². The van der Waals surface area contributed by atoms with Gasteiger partial charge in [-0.15, -0.1) is 17.7 Å². The van der Waals surface area contributed by atoms with Crippen LogP contribution in [0.1, 0.15) is 37.5 Å². The summed E-state index contributed by atoms with van der Waals surface area (Å²) in [5.74, 6) is 0. The Morgan fingerprint density at radius 1 is 0.532 bits per heavy atom. The van der Waals surface area contributed by atoms with Gasteiger partial charge in [-0.05, 0) is 50.9 Å². The molecule has 1 radical (unpaired) electrons. The van der Waals surface area contributed by atoms with E-state index in [-0.39, 0.29) is 25.5 Å². The minimum absolute atomic E-state index is 0. The zero-order chi connectivity index (χ0) is 43.1. The Bertz CT molecular complexity index is 3030. The Kier molecular flexibility index (Phi) is 12.5. The predicted octanol–water partition coefficient (Wildman–Crippen LogP) is 13.7. The van der Waals surface area contributed by atoms with E-state index in [2.05, 4.69) is 208 Å². The Hall–Kier alpha value is -6.23. The van der Waals surface area contributed by atoms with Crippen LogP contribution in [-0.4, -0.2) is 8.07 Å². The molecule has 3 heterocycles. The van der Waals surface area contributed by atoms with E-state index in [0.717, 1.165) is 72.3 Å². The van der Waals surface area contributed by atoms with Crippen molar-refractivity contribution >= 4 is 35.2 Å². The number of aromatic nitrogens is 2. The number of hydrogen-bond donors (Lipinski definition) is 0. The first-order chi connectivity index (χ1) is 29.2. The number of nitrogens with zero attached hydrogens (tertiary/aromatic N) is 2. The third kappa shape index (κ3) is 8.89. The maximum Gasteiger partial charge on any atom is 0.133 e. The van der Waals surface area contributed by atoms with Crippen molar-refractivity contribution in [2.45, 2.75) is 45.8 Å². The largest absolute Gasteiger partial charge is 0.469 e. The van der Waals surface area contributed by atoms with Gasteiger partial charge >= 0.3 is 0 Å². The Balaban J connectivity index is 0.000000201. The molecular formula is C57H54IrN2OSi-2. The topological polar surface area (TPSA) is 20.9 Å². The van der Waals surface area contributed by atoms with Gasteiger partial charge in [-0.1, -0.05) is 178 Å². The second-order valence-electron chi connectivity index (χ2n) is 18.0. The number of furan rings is 1. The molecule has 0 atom stereocenters. The van der Waals surface area contributed by atoms with Crippen LogP contribution in [-0.2, 0) is 25.5 Å². The van der Waals surface area contributed by atoms with Crippen molar-refractivity contribution in [3.05, 3.63) is 215 Å². The molecular weight excluding hydrogens is 949 g/mol. The molecule has 0 N–H and O–H groups in total. The summed E-state index contributed by atoms with van der Waals surface area (Å²) in [5.41, 5.74) is 16.2. The average molecular weight is 1000 g/mol. The van der Waals surface area contributed by atoms with Crippen LogP contribution in [0, 0.1) is 27.9 Å². The smallest absolute Gasteiger partial charge is 0.133 e. The number of para-hydroxylation sites is 1. The maximum atomic E-state index is 6.60. The molecule has 0 aliphatic rings. The van der Waals surface area contributed by atoms with E-state index in [9.17, 15) is 0 Å². The average Bonchev–Trinajstić information content (AvgIpc) is 3.64. The van der Waals surface area contributed by atoms with E-state index in [1.54, 1.807) is 0 Å². The van der Waals surface area contributed by atoms with Gasteiger partial charge in [-0.2, -0.15) is 37.1 Å². The van der Waals surface area contributed by atoms with Crippen molar-refractivity contribution in [1.29, 1.82) is 0 Å². The molecule has 0 bridgehead atoms. The summed E-state index contributed by atoms with van der Waals surface area (Å²) < 4.78 is 10.5. The summed E-state index contributed by atoms with van der Waals surface area (Å²) in [6.45, 7) is 22.5. The summed E-state index contributed by atoms with van der Waals surface area (Å²) in [4.78, 5) is 0. The second-order valence-corrected chi connectivity index (χ2v) is 23.1. The van der Waals surface area contributed by atoms with Crippen LogP contribution in [0.5, 0.6) is 0 Å². The van der Waals surface area contributed by atoms with Crippen LogP contribution in [0.2, 0.25) is 19.6 Å². The van der Waals surface area contributed by atoms with Crippen LogP contribution in [0.15, 0.2) is 175 Å². The molecule has 9 aromatic rings. The van der Waals surface area contributed by atoms with Crippen LogP contribution >= 0.6 is 0 Å². The minimum atomic E-state index is -1.34. The van der Waals surface area contributed by atoms with Gasteiger partial charge in [-0.25, -0.2) is 0 Å². The first-order valence-corrected chi connectivity index (χ1v) is 24.4. The van der Waals surface area contributed by atoms with Crippen molar-refractivity contribution in [2.75, 3.05) is 0 Å². The molecule has 0 saturated carbocycles. The maximum absolute atomic E-state index is 6.60. The van der Waals surface area contributed by atoms with Crippen molar-refractivity contribution in [3.63, 3.8) is 0 Å². The number of benzene rings is 6. The van der Waals surface area contributed by atoms with Crippen molar-refractivity contribution in [2.24, 2.45) is 0 Å². The fourth-order valence-corrected chi connectivity index (χ4v) is 9.15. The molecule has 3 aromatic heterocycles. The number of pyridine rings is 2. The summed E-state index contributed by atoms with van der Waals surface area (Å²) in [5, 5.41) is 3.62. The standard InChI is InChI=1S/C35H30NO.C22H24NSi.Ir/c1-23-20-29(26-14-11-15-27(21-26)35(2,3)4)33-28-16-9-10-17-31(28)37-34(33)32(23)30-22-25(18-19-36(30)5)24-12-7-6-8-13-24;1-17-11-12-19(18-9-7-6-8-10-18)15-21(17)22-14-13-20(16-23(22)2)24(3,4)5;/h6-22H,1,5H2,2-4H3;6-16H,1-2H2,3-5H3;/q2*-1;. The van der Waals surface area contributed by atoms with E-state index >= 15 is 0 Å². The Labute approximate surface area is 383 Å². The van der Waals surface area contributed by atoms with Gasteiger partial charge in [0.25, 0.3) is 0 Å². The zero-order valence-corrected chi connectivity index (χ0v) is 40.0. The first-order valence-electron chi connectivity index (χ1n) is 20.9. The van der Waals surface area contributed by atoms with Crippen LogP contribution in [0.25, 0.3) is 77.8 Å². The molecule has 6 aromatic carbocycles. The quantitative estimate of drug-likeness (QED) is 0.0924. The summed E-state index contributed by atoms with van der Waals surface area (Å²) in [6.07, 6.45) is 4.18. The van der Waals surface area contributed by atoms with Gasteiger partial charge in [0.2, 0.25) is 0 Å². The monoisotopic (exact) mass is 1000 g/mol.